The molecule has 1 aliphatic rings. The molecule has 2 heterocycles. The molecule has 7 nitrogen and oxygen atoms in total. The fraction of sp³-hybridized carbons (Fsp3) is 0.400. The van der Waals surface area contributed by atoms with E-state index in [1.54, 1.807) is 11.7 Å². The Labute approximate surface area is 127 Å². The van der Waals surface area contributed by atoms with Gasteiger partial charge in [-0.05, 0) is 12.5 Å². The van der Waals surface area contributed by atoms with E-state index in [-0.39, 0.29) is 24.8 Å². The van der Waals surface area contributed by atoms with Crippen molar-refractivity contribution in [1.29, 1.82) is 0 Å². The molecule has 1 aliphatic heterocycles. The van der Waals surface area contributed by atoms with Gasteiger partial charge in [-0.3, -0.25) is 14.3 Å². The quantitative estimate of drug-likeness (QED) is 0.828. The maximum absolute atomic E-state index is 12.8. The van der Waals surface area contributed by atoms with Gasteiger partial charge < -0.3 is 15.3 Å². The zero-order valence-electron chi connectivity index (χ0n) is 12.3. The lowest BCUT2D eigenvalue weighted by atomic mass is 10.1. The number of para-hydroxylation sites is 1. The van der Waals surface area contributed by atoms with Crippen molar-refractivity contribution < 1.29 is 14.7 Å². The van der Waals surface area contributed by atoms with Gasteiger partial charge in [0, 0.05) is 32.1 Å². The van der Waals surface area contributed by atoms with E-state index in [0.717, 1.165) is 10.9 Å². The first kappa shape index (κ1) is 14.5. The van der Waals surface area contributed by atoms with E-state index in [1.807, 2.05) is 24.3 Å². The summed E-state index contributed by atoms with van der Waals surface area (Å²) in [5, 5.41) is 17.0. The fourth-order valence-electron chi connectivity index (χ4n) is 2.87. The Hall–Kier alpha value is -2.41. The number of nitrogens with zero attached hydrogens (tertiary/aromatic N) is 3. The Kier molecular flexibility index (Phi) is 3.81. The van der Waals surface area contributed by atoms with Crippen LogP contribution in [0, 0.1) is 0 Å². The molecule has 2 amide bonds. The van der Waals surface area contributed by atoms with Crippen LogP contribution in [0.25, 0.3) is 10.9 Å². The van der Waals surface area contributed by atoms with Crippen molar-refractivity contribution in [2.75, 3.05) is 19.7 Å². The van der Waals surface area contributed by atoms with Crippen molar-refractivity contribution in [2.45, 2.75) is 12.5 Å². The topological polar surface area (TPSA) is 87.5 Å². The van der Waals surface area contributed by atoms with Crippen molar-refractivity contribution in [3.63, 3.8) is 0 Å². The summed E-state index contributed by atoms with van der Waals surface area (Å²) in [6, 6.07) is 6.84. The second-order valence-corrected chi connectivity index (χ2v) is 5.31. The van der Waals surface area contributed by atoms with Gasteiger partial charge in [0.2, 0.25) is 5.91 Å². The molecule has 1 fully saturated rings. The van der Waals surface area contributed by atoms with Crippen LogP contribution in [0.2, 0.25) is 0 Å². The molecule has 0 aliphatic carbocycles. The van der Waals surface area contributed by atoms with Crippen molar-refractivity contribution in [3.8, 4) is 0 Å². The molecule has 3 rings (SSSR count). The van der Waals surface area contributed by atoms with Crippen molar-refractivity contribution in [2.24, 2.45) is 7.05 Å². The van der Waals surface area contributed by atoms with Gasteiger partial charge in [-0.1, -0.05) is 18.2 Å². The Bertz CT molecular complexity index is 725. The summed E-state index contributed by atoms with van der Waals surface area (Å²) in [5.41, 5.74) is 1.21. The number of hydrogen-bond acceptors (Lipinski definition) is 4. The third kappa shape index (κ3) is 2.33. The number of nitrogens with one attached hydrogen (secondary N) is 1. The number of carbonyl (C=O) groups excluding carboxylic acids is 2. The summed E-state index contributed by atoms with van der Waals surface area (Å²) in [5.74, 6) is -0.501. The molecule has 0 saturated carbocycles. The van der Waals surface area contributed by atoms with E-state index in [0.29, 0.717) is 18.8 Å². The molecular formula is C15H18N4O3. The number of benzene rings is 1. The van der Waals surface area contributed by atoms with Gasteiger partial charge in [0.15, 0.2) is 5.69 Å². The number of aliphatic hydroxyl groups is 1. The lowest BCUT2D eigenvalue weighted by Gasteiger charge is -2.34. The fourth-order valence-corrected chi connectivity index (χ4v) is 2.87. The van der Waals surface area contributed by atoms with Crippen LogP contribution in [0.1, 0.15) is 16.9 Å². The summed E-state index contributed by atoms with van der Waals surface area (Å²) < 4.78 is 1.66. The summed E-state index contributed by atoms with van der Waals surface area (Å²) >= 11 is 0. The average molecular weight is 302 g/mol. The number of rotatable bonds is 3. The second kappa shape index (κ2) is 5.76. The van der Waals surface area contributed by atoms with Crippen LogP contribution in [0.3, 0.4) is 0 Å². The summed E-state index contributed by atoms with van der Waals surface area (Å²) in [7, 11) is 1.78. The van der Waals surface area contributed by atoms with Gasteiger partial charge >= 0.3 is 0 Å². The third-order valence-corrected chi connectivity index (χ3v) is 3.95. The van der Waals surface area contributed by atoms with Crippen LogP contribution < -0.4 is 5.32 Å². The Balaban J connectivity index is 1.99. The number of hydrogen-bond donors (Lipinski definition) is 2. The SMILES string of the molecule is Cn1nc(C(=O)N2CCNC(=O)[C@@H]2CCO)c2ccccc21. The zero-order chi connectivity index (χ0) is 15.7. The minimum Gasteiger partial charge on any atom is -0.396 e. The van der Waals surface area contributed by atoms with Crippen LogP contribution in [-0.2, 0) is 11.8 Å². The Morgan fingerprint density at radius 2 is 2.23 bits per heavy atom. The predicted octanol–water partition coefficient (Wildman–Crippen LogP) is -0.104. The minimum absolute atomic E-state index is 0.148. The lowest BCUT2D eigenvalue weighted by molar-refractivity contribution is -0.128. The molecule has 0 unspecified atom stereocenters. The number of piperazine rings is 1. The minimum atomic E-state index is -0.646. The van der Waals surface area contributed by atoms with Crippen LogP contribution in [-0.4, -0.2) is 57.3 Å². The summed E-state index contributed by atoms with van der Waals surface area (Å²) in [6.07, 6.45) is 0.225. The van der Waals surface area contributed by atoms with Gasteiger partial charge in [0.25, 0.3) is 5.91 Å². The molecule has 0 bridgehead atoms. The molecule has 7 heteroatoms. The van der Waals surface area contributed by atoms with E-state index in [2.05, 4.69) is 10.4 Å². The van der Waals surface area contributed by atoms with E-state index >= 15 is 0 Å². The molecule has 1 aromatic heterocycles. The Morgan fingerprint density at radius 3 is 3.00 bits per heavy atom. The predicted molar refractivity (Wildman–Crippen MR) is 80.3 cm³/mol. The first-order valence-corrected chi connectivity index (χ1v) is 7.24. The molecule has 116 valence electrons. The molecule has 2 aromatic rings. The molecule has 0 radical (unpaired) electrons. The van der Waals surface area contributed by atoms with Gasteiger partial charge in [-0.2, -0.15) is 5.10 Å². The standard InChI is InChI=1S/C15H18N4O3/c1-18-11-5-3-2-4-10(11)13(17-18)15(22)19-8-7-16-14(21)12(19)6-9-20/h2-5,12,20H,6-9H2,1H3,(H,16,21)/t12-/m0/s1. The van der Waals surface area contributed by atoms with E-state index in [4.69, 9.17) is 5.11 Å². The zero-order valence-corrected chi connectivity index (χ0v) is 12.3. The van der Waals surface area contributed by atoms with Gasteiger partial charge in [-0.25, -0.2) is 0 Å². The number of amides is 2. The van der Waals surface area contributed by atoms with E-state index in [1.165, 1.54) is 4.90 Å². The third-order valence-electron chi connectivity index (χ3n) is 3.95. The Morgan fingerprint density at radius 1 is 1.45 bits per heavy atom. The van der Waals surface area contributed by atoms with Crippen LogP contribution in [0.5, 0.6) is 0 Å². The van der Waals surface area contributed by atoms with Crippen LogP contribution in [0.4, 0.5) is 0 Å². The first-order chi connectivity index (χ1) is 10.6. The molecule has 0 spiro atoms. The molecule has 22 heavy (non-hydrogen) atoms. The van der Waals surface area contributed by atoms with Crippen LogP contribution >= 0.6 is 0 Å². The highest BCUT2D eigenvalue weighted by atomic mass is 16.3. The highest BCUT2D eigenvalue weighted by molar-refractivity contribution is 6.06. The van der Waals surface area contributed by atoms with E-state index in [9.17, 15) is 9.59 Å². The van der Waals surface area contributed by atoms with Crippen molar-refractivity contribution in [1.82, 2.24) is 20.0 Å². The van der Waals surface area contributed by atoms with Crippen molar-refractivity contribution in [3.05, 3.63) is 30.0 Å². The average Bonchev–Trinajstić information content (AvgIpc) is 2.86. The largest absolute Gasteiger partial charge is 0.396 e. The molecule has 2 N–H and O–H groups in total. The number of aromatic nitrogens is 2. The smallest absolute Gasteiger partial charge is 0.275 e. The molecular weight excluding hydrogens is 284 g/mol. The maximum Gasteiger partial charge on any atom is 0.275 e. The number of aryl methyl sites for hydroxylation is 1. The molecule has 1 atom stereocenters. The highest BCUT2D eigenvalue weighted by Gasteiger charge is 2.34. The van der Waals surface area contributed by atoms with Gasteiger partial charge in [-0.15, -0.1) is 0 Å². The normalized spacial score (nSPS) is 18.5. The number of fused-ring (bicyclic) bond motifs is 1. The molecule has 1 saturated heterocycles. The van der Waals surface area contributed by atoms with E-state index < -0.39 is 6.04 Å². The summed E-state index contributed by atoms with van der Waals surface area (Å²) in [6.45, 7) is 0.683. The maximum atomic E-state index is 12.8. The van der Waals surface area contributed by atoms with Gasteiger partial charge in [0.1, 0.15) is 6.04 Å². The highest BCUT2D eigenvalue weighted by Crippen LogP contribution is 2.21. The number of aliphatic hydroxyl groups excluding tert-OH is 1. The number of carbonyl (C=O) groups is 2. The lowest BCUT2D eigenvalue weighted by Crippen LogP contribution is -2.57. The molecule has 1 aromatic carbocycles. The summed E-state index contributed by atoms with van der Waals surface area (Å²) in [4.78, 5) is 26.3. The van der Waals surface area contributed by atoms with Crippen LogP contribution in [0.15, 0.2) is 24.3 Å². The monoisotopic (exact) mass is 302 g/mol. The second-order valence-electron chi connectivity index (χ2n) is 5.31. The first-order valence-electron chi connectivity index (χ1n) is 7.24. The van der Waals surface area contributed by atoms with Gasteiger partial charge in [0.05, 0.1) is 5.52 Å². The van der Waals surface area contributed by atoms with Crippen molar-refractivity contribution >= 4 is 22.7 Å².